The van der Waals surface area contributed by atoms with Crippen molar-refractivity contribution in [1.82, 2.24) is 15.1 Å². The highest BCUT2D eigenvalue weighted by Gasteiger charge is 2.19. The number of aryl methyl sites for hydroxylation is 1. The zero-order chi connectivity index (χ0) is 14.7. The minimum atomic E-state index is -0.710. The summed E-state index contributed by atoms with van der Waals surface area (Å²) in [6.07, 6.45) is 3.35. The standard InChI is InChI=1S/C14H17BrN4O/c1-9(10-4-3-5-12(15)6-10)18-14(20)13(16)11-7-17-19(2)8-11/h3-9,13H,16H2,1-2H3,(H,18,20)/t9-,13?/m1/s1. The van der Waals surface area contributed by atoms with E-state index in [1.165, 1.54) is 0 Å². The summed E-state index contributed by atoms with van der Waals surface area (Å²) in [5, 5.41) is 6.93. The number of carbonyl (C=O) groups is 1. The Bertz CT molecular complexity index is 611. The van der Waals surface area contributed by atoms with Gasteiger partial charge in [-0.3, -0.25) is 9.48 Å². The number of benzene rings is 1. The van der Waals surface area contributed by atoms with Crippen LogP contribution < -0.4 is 11.1 Å². The molecule has 0 aliphatic carbocycles. The average Bonchev–Trinajstić information content (AvgIpc) is 2.84. The van der Waals surface area contributed by atoms with Crippen molar-refractivity contribution in [2.24, 2.45) is 12.8 Å². The SMILES string of the molecule is C[C@@H](NC(=O)C(N)c1cnn(C)c1)c1cccc(Br)c1. The first kappa shape index (κ1) is 14.7. The van der Waals surface area contributed by atoms with Gasteiger partial charge in [0.2, 0.25) is 5.91 Å². The molecule has 1 unspecified atom stereocenters. The number of hydrogen-bond acceptors (Lipinski definition) is 3. The maximum Gasteiger partial charge on any atom is 0.242 e. The maximum absolute atomic E-state index is 12.1. The Balaban J connectivity index is 2.04. The largest absolute Gasteiger partial charge is 0.348 e. The van der Waals surface area contributed by atoms with Crippen LogP contribution >= 0.6 is 15.9 Å². The molecule has 0 saturated heterocycles. The minimum absolute atomic E-state index is 0.109. The van der Waals surface area contributed by atoms with E-state index in [1.807, 2.05) is 31.2 Å². The van der Waals surface area contributed by atoms with E-state index in [4.69, 9.17) is 5.73 Å². The topological polar surface area (TPSA) is 72.9 Å². The summed E-state index contributed by atoms with van der Waals surface area (Å²) in [6.45, 7) is 1.93. The molecule has 1 aromatic heterocycles. The molecular weight excluding hydrogens is 320 g/mol. The molecule has 2 rings (SSSR count). The van der Waals surface area contributed by atoms with Gasteiger partial charge in [0.1, 0.15) is 6.04 Å². The molecule has 0 bridgehead atoms. The number of nitrogens with two attached hydrogens (primary N) is 1. The summed E-state index contributed by atoms with van der Waals surface area (Å²) in [6, 6.07) is 7.00. The quantitative estimate of drug-likeness (QED) is 0.897. The molecule has 106 valence electrons. The first-order valence-electron chi connectivity index (χ1n) is 6.27. The van der Waals surface area contributed by atoms with Crippen LogP contribution in [0.15, 0.2) is 41.1 Å². The molecule has 0 spiro atoms. The van der Waals surface area contributed by atoms with Crippen molar-refractivity contribution in [1.29, 1.82) is 0 Å². The molecule has 1 amide bonds. The fraction of sp³-hybridized carbons (Fsp3) is 0.286. The van der Waals surface area contributed by atoms with Crippen molar-refractivity contribution in [2.75, 3.05) is 0 Å². The van der Waals surface area contributed by atoms with E-state index in [0.29, 0.717) is 5.56 Å². The molecule has 0 fully saturated rings. The zero-order valence-corrected chi connectivity index (χ0v) is 13.0. The number of amides is 1. The Morgan fingerprint density at radius 1 is 1.45 bits per heavy atom. The van der Waals surface area contributed by atoms with Gasteiger partial charge in [-0.2, -0.15) is 5.10 Å². The molecule has 20 heavy (non-hydrogen) atoms. The number of aromatic nitrogens is 2. The van der Waals surface area contributed by atoms with Crippen molar-refractivity contribution in [3.05, 3.63) is 52.3 Å². The molecule has 0 aliphatic heterocycles. The third kappa shape index (κ3) is 3.46. The predicted octanol–water partition coefficient (Wildman–Crippen LogP) is 2.06. The third-order valence-corrected chi connectivity index (χ3v) is 3.57. The van der Waals surface area contributed by atoms with Crippen LogP contribution in [0.5, 0.6) is 0 Å². The lowest BCUT2D eigenvalue weighted by molar-refractivity contribution is -0.123. The van der Waals surface area contributed by atoms with Gasteiger partial charge in [0.25, 0.3) is 0 Å². The monoisotopic (exact) mass is 336 g/mol. The second kappa shape index (κ2) is 6.19. The van der Waals surface area contributed by atoms with Crippen LogP contribution in [0.2, 0.25) is 0 Å². The van der Waals surface area contributed by atoms with Gasteiger partial charge in [-0.25, -0.2) is 0 Å². The Morgan fingerprint density at radius 3 is 2.80 bits per heavy atom. The van der Waals surface area contributed by atoms with Crippen LogP contribution in [-0.4, -0.2) is 15.7 Å². The van der Waals surface area contributed by atoms with Crippen LogP contribution in [0.3, 0.4) is 0 Å². The predicted molar refractivity (Wildman–Crippen MR) is 80.8 cm³/mol. The number of rotatable bonds is 4. The molecule has 1 aromatic carbocycles. The van der Waals surface area contributed by atoms with Gasteiger partial charge in [0.15, 0.2) is 0 Å². The highest BCUT2D eigenvalue weighted by atomic mass is 79.9. The van der Waals surface area contributed by atoms with Gasteiger partial charge < -0.3 is 11.1 Å². The van der Waals surface area contributed by atoms with Crippen molar-refractivity contribution in [2.45, 2.75) is 19.0 Å². The summed E-state index contributed by atoms with van der Waals surface area (Å²) in [5.74, 6) is -0.217. The average molecular weight is 337 g/mol. The maximum atomic E-state index is 12.1. The van der Waals surface area contributed by atoms with Gasteiger partial charge in [0.05, 0.1) is 12.2 Å². The summed E-state index contributed by atoms with van der Waals surface area (Å²) >= 11 is 3.42. The first-order valence-corrected chi connectivity index (χ1v) is 7.06. The molecule has 6 heteroatoms. The molecule has 2 aromatic rings. The smallest absolute Gasteiger partial charge is 0.242 e. The van der Waals surface area contributed by atoms with Crippen LogP contribution in [0, 0.1) is 0 Å². The van der Waals surface area contributed by atoms with E-state index in [2.05, 4.69) is 26.3 Å². The molecule has 3 N–H and O–H groups in total. The van der Waals surface area contributed by atoms with Gasteiger partial charge >= 0.3 is 0 Å². The highest BCUT2D eigenvalue weighted by Crippen LogP contribution is 2.19. The van der Waals surface area contributed by atoms with E-state index in [9.17, 15) is 4.79 Å². The number of hydrogen-bond donors (Lipinski definition) is 2. The molecule has 0 radical (unpaired) electrons. The van der Waals surface area contributed by atoms with Gasteiger partial charge in [-0.1, -0.05) is 28.1 Å². The minimum Gasteiger partial charge on any atom is -0.348 e. The normalized spacial score (nSPS) is 13.8. The Morgan fingerprint density at radius 2 is 2.20 bits per heavy atom. The van der Waals surface area contributed by atoms with Crippen molar-refractivity contribution in [3.63, 3.8) is 0 Å². The molecule has 5 nitrogen and oxygen atoms in total. The molecule has 1 heterocycles. The van der Waals surface area contributed by atoms with Crippen molar-refractivity contribution >= 4 is 21.8 Å². The molecular formula is C14H17BrN4O. The number of carbonyl (C=O) groups excluding carboxylic acids is 1. The number of nitrogens with zero attached hydrogens (tertiary/aromatic N) is 2. The fourth-order valence-electron chi connectivity index (χ4n) is 1.91. The Labute approximate surface area is 126 Å². The molecule has 0 saturated carbocycles. The third-order valence-electron chi connectivity index (χ3n) is 3.07. The fourth-order valence-corrected chi connectivity index (χ4v) is 2.33. The number of halogens is 1. The zero-order valence-electron chi connectivity index (χ0n) is 11.4. The van der Waals surface area contributed by atoms with E-state index in [0.717, 1.165) is 10.0 Å². The van der Waals surface area contributed by atoms with Crippen LogP contribution in [0.4, 0.5) is 0 Å². The highest BCUT2D eigenvalue weighted by molar-refractivity contribution is 9.10. The Hall–Kier alpha value is -1.66. The van der Waals surface area contributed by atoms with E-state index < -0.39 is 6.04 Å². The first-order chi connectivity index (χ1) is 9.47. The van der Waals surface area contributed by atoms with E-state index in [1.54, 1.807) is 24.1 Å². The second-order valence-corrected chi connectivity index (χ2v) is 5.63. The Kier molecular flexibility index (Phi) is 4.57. The van der Waals surface area contributed by atoms with E-state index >= 15 is 0 Å². The van der Waals surface area contributed by atoms with Crippen molar-refractivity contribution < 1.29 is 4.79 Å². The summed E-state index contributed by atoms with van der Waals surface area (Å²) in [5.41, 5.74) is 7.65. The lowest BCUT2D eigenvalue weighted by atomic mass is 10.1. The lowest BCUT2D eigenvalue weighted by Gasteiger charge is -2.17. The van der Waals surface area contributed by atoms with Crippen LogP contribution in [0.1, 0.15) is 30.1 Å². The molecule has 0 aliphatic rings. The van der Waals surface area contributed by atoms with Gasteiger partial charge in [-0.15, -0.1) is 0 Å². The van der Waals surface area contributed by atoms with Crippen LogP contribution in [-0.2, 0) is 11.8 Å². The van der Waals surface area contributed by atoms with Gasteiger partial charge in [0, 0.05) is 23.3 Å². The lowest BCUT2D eigenvalue weighted by Crippen LogP contribution is -2.35. The van der Waals surface area contributed by atoms with Crippen LogP contribution in [0.25, 0.3) is 0 Å². The summed E-state index contributed by atoms with van der Waals surface area (Å²) in [7, 11) is 1.79. The summed E-state index contributed by atoms with van der Waals surface area (Å²) < 4.78 is 2.60. The number of nitrogens with one attached hydrogen (secondary N) is 1. The van der Waals surface area contributed by atoms with Gasteiger partial charge in [-0.05, 0) is 24.6 Å². The second-order valence-electron chi connectivity index (χ2n) is 4.71. The van der Waals surface area contributed by atoms with Crippen molar-refractivity contribution in [3.8, 4) is 0 Å². The summed E-state index contributed by atoms with van der Waals surface area (Å²) in [4.78, 5) is 12.1. The molecule has 2 atom stereocenters. The van der Waals surface area contributed by atoms with E-state index in [-0.39, 0.29) is 11.9 Å².